The zero-order valence-electron chi connectivity index (χ0n) is 11.0. The molecule has 1 aliphatic rings. The highest BCUT2D eigenvalue weighted by atomic mass is 19.4. The van der Waals surface area contributed by atoms with Crippen LogP contribution in [-0.2, 0) is 0 Å². The predicted molar refractivity (Wildman–Crippen MR) is 60.6 cm³/mol. The molecule has 0 atom stereocenters. The van der Waals surface area contributed by atoms with E-state index in [9.17, 15) is 26.3 Å². The van der Waals surface area contributed by atoms with Crippen LogP contribution in [0.1, 0.15) is 58.3 Å². The summed E-state index contributed by atoms with van der Waals surface area (Å²) in [5.41, 5.74) is -0.766. The van der Waals surface area contributed by atoms with Crippen LogP contribution in [0.15, 0.2) is 0 Å². The van der Waals surface area contributed by atoms with Crippen LogP contribution < -0.4 is 0 Å². The van der Waals surface area contributed by atoms with E-state index < -0.39 is 30.6 Å². The summed E-state index contributed by atoms with van der Waals surface area (Å²) in [6.07, 6.45) is -8.41. The van der Waals surface area contributed by atoms with Gasteiger partial charge in [-0.1, -0.05) is 19.8 Å². The Balaban J connectivity index is 2.62. The van der Waals surface area contributed by atoms with Gasteiger partial charge in [0.15, 0.2) is 0 Å². The van der Waals surface area contributed by atoms with Crippen molar-refractivity contribution in [1.82, 2.24) is 0 Å². The molecule has 0 heterocycles. The van der Waals surface area contributed by atoms with Crippen molar-refractivity contribution in [2.45, 2.75) is 70.6 Å². The van der Waals surface area contributed by atoms with Crippen molar-refractivity contribution < 1.29 is 26.3 Å². The van der Waals surface area contributed by atoms with Gasteiger partial charge in [-0.2, -0.15) is 26.3 Å². The second-order valence-electron chi connectivity index (χ2n) is 5.91. The molecule has 19 heavy (non-hydrogen) atoms. The molecule has 0 spiro atoms. The van der Waals surface area contributed by atoms with Crippen LogP contribution in [0.25, 0.3) is 0 Å². The Labute approximate surface area is 109 Å². The highest BCUT2D eigenvalue weighted by molar-refractivity contribution is 4.86. The maximum absolute atomic E-state index is 12.3. The average Bonchev–Trinajstić information content (AvgIpc) is 2.25. The summed E-state index contributed by atoms with van der Waals surface area (Å²) in [4.78, 5) is 0. The van der Waals surface area contributed by atoms with E-state index in [2.05, 4.69) is 0 Å². The summed E-state index contributed by atoms with van der Waals surface area (Å²) in [5.74, 6) is 0.407. The first-order valence-corrected chi connectivity index (χ1v) is 6.65. The fourth-order valence-electron chi connectivity index (χ4n) is 2.81. The fourth-order valence-corrected chi connectivity index (χ4v) is 2.81. The second kappa shape index (κ2) is 5.92. The molecule has 0 aromatic rings. The van der Waals surface area contributed by atoms with Gasteiger partial charge in [0.1, 0.15) is 0 Å². The first kappa shape index (κ1) is 16.6. The van der Waals surface area contributed by atoms with Crippen molar-refractivity contribution in [1.29, 1.82) is 0 Å². The molecule has 1 rings (SSSR count). The first-order chi connectivity index (χ1) is 8.52. The zero-order chi connectivity index (χ0) is 14.7. The molecule has 0 aliphatic heterocycles. The van der Waals surface area contributed by atoms with Crippen LogP contribution in [0.4, 0.5) is 26.3 Å². The number of hydrogen-bond acceptors (Lipinski definition) is 0. The minimum absolute atomic E-state index is 0.167. The summed E-state index contributed by atoms with van der Waals surface area (Å²) in [7, 11) is 0. The number of rotatable bonds is 4. The molecule has 0 unspecified atom stereocenters. The van der Waals surface area contributed by atoms with Crippen LogP contribution in [0.2, 0.25) is 0 Å². The quantitative estimate of drug-likeness (QED) is 0.568. The SMILES string of the molecule is CC1CCC(CCC(F)(F)F)(CCC(F)(F)F)CC1. The van der Waals surface area contributed by atoms with Gasteiger partial charge in [-0.25, -0.2) is 0 Å². The van der Waals surface area contributed by atoms with Crippen molar-refractivity contribution in [2.75, 3.05) is 0 Å². The van der Waals surface area contributed by atoms with E-state index in [1.807, 2.05) is 6.92 Å². The Bertz CT molecular complexity index is 250. The Kier molecular flexibility index (Phi) is 5.18. The van der Waals surface area contributed by atoms with E-state index in [4.69, 9.17) is 0 Å². The Morgan fingerprint density at radius 1 is 0.842 bits per heavy atom. The molecule has 0 bridgehead atoms. The van der Waals surface area contributed by atoms with E-state index in [1.165, 1.54) is 0 Å². The Morgan fingerprint density at radius 3 is 1.53 bits per heavy atom. The average molecular weight is 290 g/mol. The fraction of sp³-hybridized carbons (Fsp3) is 1.00. The smallest absolute Gasteiger partial charge is 0.171 e. The van der Waals surface area contributed by atoms with Crippen LogP contribution in [0.5, 0.6) is 0 Å². The van der Waals surface area contributed by atoms with Gasteiger partial charge in [0.05, 0.1) is 0 Å². The third-order valence-corrected chi connectivity index (χ3v) is 4.21. The van der Waals surface area contributed by atoms with Gasteiger partial charge in [-0.3, -0.25) is 0 Å². The normalized spacial score (nSPS) is 21.6. The van der Waals surface area contributed by atoms with E-state index in [-0.39, 0.29) is 12.8 Å². The van der Waals surface area contributed by atoms with Crippen molar-refractivity contribution in [3.63, 3.8) is 0 Å². The topological polar surface area (TPSA) is 0 Å². The molecule has 1 aliphatic carbocycles. The minimum atomic E-state index is -4.28. The molecule has 0 radical (unpaired) electrons. The van der Waals surface area contributed by atoms with E-state index in [0.717, 1.165) is 12.8 Å². The molecule has 1 fully saturated rings. The standard InChI is InChI=1S/C13H20F6/c1-10-2-4-11(5-3-10,6-8-12(14,15)16)7-9-13(17,18)19/h10H,2-9H2,1H3. The van der Waals surface area contributed by atoms with Crippen molar-refractivity contribution >= 4 is 0 Å². The molecule has 6 heteroatoms. The number of hydrogen-bond donors (Lipinski definition) is 0. The lowest BCUT2D eigenvalue weighted by molar-refractivity contribution is -0.152. The van der Waals surface area contributed by atoms with E-state index in [1.54, 1.807) is 0 Å². The van der Waals surface area contributed by atoms with Crippen LogP contribution in [0, 0.1) is 11.3 Å². The maximum Gasteiger partial charge on any atom is 0.389 e. The zero-order valence-corrected chi connectivity index (χ0v) is 11.0. The number of halogens is 6. The summed E-state index contributed by atoms with van der Waals surface area (Å²) in [6.45, 7) is 2.00. The molecule has 0 saturated heterocycles. The van der Waals surface area contributed by atoms with Gasteiger partial charge >= 0.3 is 12.4 Å². The molecule has 0 aromatic carbocycles. The lowest BCUT2D eigenvalue weighted by atomic mass is 9.66. The molecule has 1 saturated carbocycles. The third kappa shape index (κ3) is 6.52. The second-order valence-corrected chi connectivity index (χ2v) is 5.91. The van der Waals surface area contributed by atoms with E-state index in [0.29, 0.717) is 18.8 Å². The number of alkyl halides is 6. The lowest BCUT2D eigenvalue weighted by Gasteiger charge is -2.40. The van der Waals surface area contributed by atoms with Gasteiger partial charge < -0.3 is 0 Å². The molecular formula is C13H20F6. The molecule has 0 N–H and O–H groups in total. The lowest BCUT2D eigenvalue weighted by Crippen LogP contribution is -2.30. The Morgan fingerprint density at radius 2 is 1.21 bits per heavy atom. The highest BCUT2D eigenvalue weighted by Gasteiger charge is 2.40. The van der Waals surface area contributed by atoms with Crippen molar-refractivity contribution in [2.24, 2.45) is 11.3 Å². The van der Waals surface area contributed by atoms with Crippen LogP contribution in [0.3, 0.4) is 0 Å². The van der Waals surface area contributed by atoms with Crippen molar-refractivity contribution in [3.8, 4) is 0 Å². The van der Waals surface area contributed by atoms with Gasteiger partial charge in [0.25, 0.3) is 0 Å². The summed E-state index contributed by atoms with van der Waals surface area (Å²) >= 11 is 0. The third-order valence-electron chi connectivity index (χ3n) is 4.21. The van der Waals surface area contributed by atoms with Crippen LogP contribution in [-0.4, -0.2) is 12.4 Å². The van der Waals surface area contributed by atoms with Gasteiger partial charge in [0, 0.05) is 12.8 Å². The maximum atomic E-state index is 12.3. The Hall–Kier alpha value is -0.420. The molecule has 0 amide bonds. The van der Waals surface area contributed by atoms with Gasteiger partial charge in [-0.15, -0.1) is 0 Å². The molecule has 114 valence electrons. The summed E-state index contributed by atoms with van der Waals surface area (Å²) < 4.78 is 73.9. The van der Waals surface area contributed by atoms with E-state index >= 15 is 0 Å². The largest absolute Gasteiger partial charge is 0.389 e. The van der Waals surface area contributed by atoms with Gasteiger partial charge in [-0.05, 0) is 37.0 Å². The predicted octanol–water partition coefficient (Wildman–Crippen LogP) is 5.87. The minimum Gasteiger partial charge on any atom is -0.171 e. The first-order valence-electron chi connectivity index (χ1n) is 6.65. The van der Waals surface area contributed by atoms with Gasteiger partial charge in [0.2, 0.25) is 0 Å². The molecular weight excluding hydrogens is 270 g/mol. The molecule has 0 aromatic heterocycles. The summed E-state index contributed by atoms with van der Waals surface area (Å²) in [5, 5.41) is 0. The molecule has 0 nitrogen and oxygen atoms in total. The monoisotopic (exact) mass is 290 g/mol. The summed E-state index contributed by atoms with van der Waals surface area (Å²) in [6, 6.07) is 0. The van der Waals surface area contributed by atoms with Crippen molar-refractivity contribution in [3.05, 3.63) is 0 Å². The van der Waals surface area contributed by atoms with Crippen LogP contribution >= 0.6 is 0 Å². The highest BCUT2D eigenvalue weighted by Crippen LogP contribution is 2.48.